The first-order chi connectivity index (χ1) is 7.25. The Morgan fingerprint density at radius 3 is 3.13 bits per heavy atom. The molecular weight excluding hydrogens is 261 g/mol. The van der Waals surface area contributed by atoms with Gasteiger partial charge in [-0.15, -0.1) is 0 Å². The third kappa shape index (κ3) is 2.92. The number of ether oxygens (including phenoxy) is 1. The minimum absolute atomic E-state index is 0.271. The van der Waals surface area contributed by atoms with Crippen LogP contribution in [0.25, 0.3) is 0 Å². The van der Waals surface area contributed by atoms with Crippen molar-refractivity contribution in [2.45, 2.75) is 18.9 Å². The van der Waals surface area contributed by atoms with Crippen LogP contribution in [0.1, 0.15) is 12.8 Å². The van der Waals surface area contributed by atoms with Crippen LogP contribution in [0, 0.1) is 5.82 Å². The van der Waals surface area contributed by atoms with E-state index in [4.69, 9.17) is 4.74 Å². The monoisotopic (exact) mass is 273 g/mol. The maximum Gasteiger partial charge on any atom is 0.136 e. The van der Waals surface area contributed by atoms with Crippen LogP contribution in [-0.4, -0.2) is 19.2 Å². The van der Waals surface area contributed by atoms with E-state index >= 15 is 0 Å². The number of nitrogens with one attached hydrogen (secondary N) is 1. The second-order valence-corrected chi connectivity index (χ2v) is 4.53. The van der Waals surface area contributed by atoms with Crippen LogP contribution in [-0.2, 0) is 0 Å². The highest BCUT2D eigenvalue weighted by Gasteiger charge is 2.15. The average molecular weight is 274 g/mol. The highest BCUT2D eigenvalue weighted by Crippen LogP contribution is 2.25. The lowest BCUT2D eigenvalue weighted by Gasteiger charge is -2.13. The van der Waals surface area contributed by atoms with Gasteiger partial charge in [0.15, 0.2) is 0 Å². The molecule has 0 radical (unpaired) electrons. The summed E-state index contributed by atoms with van der Waals surface area (Å²) in [6, 6.07) is 4.87. The van der Waals surface area contributed by atoms with Gasteiger partial charge in [0.05, 0.1) is 4.47 Å². The topological polar surface area (TPSA) is 21.3 Å². The van der Waals surface area contributed by atoms with E-state index < -0.39 is 0 Å². The molecule has 1 heterocycles. The minimum atomic E-state index is -0.271. The van der Waals surface area contributed by atoms with E-state index in [1.54, 1.807) is 6.07 Å². The number of rotatable bonds is 3. The fourth-order valence-electron chi connectivity index (χ4n) is 1.68. The molecule has 1 aromatic carbocycles. The first-order valence-corrected chi connectivity index (χ1v) is 5.86. The maximum atomic E-state index is 12.9. The summed E-state index contributed by atoms with van der Waals surface area (Å²) < 4.78 is 19.3. The van der Waals surface area contributed by atoms with E-state index in [0.29, 0.717) is 18.4 Å². The first-order valence-electron chi connectivity index (χ1n) is 5.07. The number of benzene rings is 1. The van der Waals surface area contributed by atoms with Crippen molar-refractivity contribution in [3.63, 3.8) is 0 Å². The van der Waals surface area contributed by atoms with Crippen molar-refractivity contribution in [1.29, 1.82) is 0 Å². The molecule has 2 rings (SSSR count). The largest absolute Gasteiger partial charge is 0.491 e. The SMILES string of the molecule is Fc1ccc(Br)c(OC[C@@H]2CCCN2)c1. The Hall–Kier alpha value is -0.610. The first kappa shape index (κ1) is 10.9. The predicted molar refractivity (Wildman–Crippen MR) is 60.6 cm³/mol. The quantitative estimate of drug-likeness (QED) is 0.915. The summed E-state index contributed by atoms with van der Waals surface area (Å²) in [6.45, 7) is 1.65. The maximum absolute atomic E-state index is 12.9. The lowest BCUT2D eigenvalue weighted by atomic mass is 10.2. The zero-order valence-electron chi connectivity index (χ0n) is 8.30. The van der Waals surface area contributed by atoms with Crippen LogP contribution in [0.3, 0.4) is 0 Å². The van der Waals surface area contributed by atoms with Gasteiger partial charge in [0.25, 0.3) is 0 Å². The second-order valence-electron chi connectivity index (χ2n) is 3.68. The van der Waals surface area contributed by atoms with Crippen molar-refractivity contribution in [3.05, 3.63) is 28.5 Å². The predicted octanol–water partition coefficient (Wildman–Crippen LogP) is 2.72. The summed E-state index contributed by atoms with van der Waals surface area (Å²) in [7, 11) is 0. The summed E-state index contributed by atoms with van der Waals surface area (Å²) in [5, 5.41) is 3.33. The molecule has 1 fully saturated rings. The van der Waals surface area contributed by atoms with Gasteiger partial charge in [-0.1, -0.05) is 0 Å². The lowest BCUT2D eigenvalue weighted by Crippen LogP contribution is -2.28. The molecule has 1 aliphatic rings. The molecule has 0 spiro atoms. The van der Waals surface area contributed by atoms with Crippen molar-refractivity contribution in [1.82, 2.24) is 5.32 Å². The van der Waals surface area contributed by atoms with Gasteiger partial charge in [-0.25, -0.2) is 4.39 Å². The van der Waals surface area contributed by atoms with Crippen LogP contribution >= 0.6 is 15.9 Å². The van der Waals surface area contributed by atoms with Crippen LogP contribution in [0.4, 0.5) is 4.39 Å². The summed E-state index contributed by atoms with van der Waals surface area (Å²) in [5.41, 5.74) is 0. The lowest BCUT2D eigenvalue weighted by molar-refractivity contribution is 0.274. The van der Waals surface area contributed by atoms with Gasteiger partial charge in [0, 0.05) is 12.1 Å². The molecule has 82 valence electrons. The van der Waals surface area contributed by atoms with Crippen LogP contribution in [0.2, 0.25) is 0 Å². The van der Waals surface area contributed by atoms with Gasteiger partial charge in [0.2, 0.25) is 0 Å². The van der Waals surface area contributed by atoms with Crippen molar-refractivity contribution in [2.24, 2.45) is 0 Å². The Morgan fingerprint density at radius 2 is 2.40 bits per heavy atom. The normalized spacial score (nSPS) is 20.5. The van der Waals surface area contributed by atoms with Crippen molar-refractivity contribution < 1.29 is 9.13 Å². The Morgan fingerprint density at radius 1 is 1.53 bits per heavy atom. The smallest absolute Gasteiger partial charge is 0.136 e. The average Bonchev–Trinajstić information content (AvgIpc) is 2.72. The fourth-order valence-corrected chi connectivity index (χ4v) is 2.04. The van der Waals surface area contributed by atoms with E-state index in [2.05, 4.69) is 21.2 Å². The molecule has 0 unspecified atom stereocenters. The number of hydrogen-bond donors (Lipinski definition) is 1. The zero-order valence-corrected chi connectivity index (χ0v) is 9.89. The molecule has 1 aromatic rings. The van der Waals surface area contributed by atoms with Crippen molar-refractivity contribution in [2.75, 3.05) is 13.2 Å². The van der Waals surface area contributed by atoms with Gasteiger partial charge >= 0.3 is 0 Å². The summed E-state index contributed by atoms with van der Waals surface area (Å²) in [5.74, 6) is 0.302. The molecule has 1 aliphatic heterocycles. The molecule has 0 bridgehead atoms. The van der Waals surface area contributed by atoms with Crippen molar-refractivity contribution in [3.8, 4) is 5.75 Å². The third-order valence-corrected chi connectivity index (χ3v) is 3.15. The molecule has 0 saturated carbocycles. The van der Waals surface area contributed by atoms with Crippen LogP contribution in [0.5, 0.6) is 5.75 Å². The summed E-state index contributed by atoms with van der Waals surface area (Å²) >= 11 is 3.33. The Kier molecular flexibility index (Phi) is 3.59. The van der Waals surface area contributed by atoms with Crippen LogP contribution < -0.4 is 10.1 Å². The van der Waals surface area contributed by atoms with Gasteiger partial charge in [-0.2, -0.15) is 0 Å². The third-order valence-electron chi connectivity index (χ3n) is 2.50. The highest BCUT2D eigenvalue weighted by molar-refractivity contribution is 9.10. The Labute approximate surface area is 96.9 Å². The molecule has 1 atom stereocenters. The van der Waals surface area contributed by atoms with E-state index in [1.165, 1.54) is 18.6 Å². The van der Waals surface area contributed by atoms with E-state index in [0.717, 1.165) is 17.4 Å². The Bertz CT molecular complexity index is 339. The molecular formula is C11H13BrFNO. The van der Waals surface area contributed by atoms with Gasteiger partial charge in [0.1, 0.15) is 18.2 Å². The molecule has 0 aliphatic carbocycles. The zero-order chi connectivity index (χ0) is 10.7. The molecule has 0 aromatic heterocycles. The summed E-state index contributed by atoms with van der Waals surface area (Å²) in [6.07, 6.45) is 2.32. The van der Waals surface area contributed by atoms with Crippen molar-refractivity contribution >= 4 is 15.9 Å². The summed E-state index contributed by atoms with van der Waals surface area (Å²) in [4.78, 5) is 0. The molecule has 0 amide bonds. The van der Waals surface area contributed by atoms with Gasteiger partial charge in [-0.05, 0) is 47.4 Å². The fraction of sp³-hybridized carbons (Fsp3) is 0.455. The minimum Gasteiger partial charge on any atom is -0.491 e. The van der Waals surface area contributed by atoms with Gasteiger partial charge < -0.3 is 10.1 Å². The number of hydrogen-bond acceptors (Lipinski definition) is 2. The highest BCUT2D eigenvalue weighted by atomic mass is 79.9. The van der Waals surface area contributed by atoms with E-state index in [1.807, 2.05) is 0 Å². The molecule has 1 saturated heterocycles. The van der Waals surface area contributed by atoms with Crippen LogP contribution in [0.15, 0.2) is 22.7 Å². The Balaban J connectivity index is 1.94. The molecule has 4 heteroatoms. The molecule has 2 nitrogen and oxygen atoms in total. The number of halogens is 2. The molecule has 15 heavy (non-hydrogen) atoms. The van der Waals surface area contributed by atoms with E-state index in [-0.39, 0.29) is 5.82 Å². The molecule has 1 N–H and O–H groups in total. The van der Waals surface area contributed by atoms with Gasteiger partial charge in [-0.3, -0.25) is 0 Å². The standard InChI is InChI=1S/C11H13BrFNO/c12-10-4-3-8(13)6-11(10)15-7-9-2-1-5-14-9/h3-4,6,9,14H,1-2,5,7H2/t9-/m0/s1. The second kappa shape index (κ2) is 4.94. The van der Waals surface area contributed by atoms with E-state index in [9.17, 15) is 4.39 Å².